The van der Waals surface area contributed by atoms with Gasteiger partial charge in [0.05, 0.1) is 13.0 Å². The maximum Gasteiger partial charge on any atom is 0.307 e. The van der Waals surface area contributed by atoms with Crippen molar-refractivity contribution in [2.24, 2.45) is 0 Å². The first-order valence-electron chi connectivity index (χ1n) is 10.7. The van der Waals surface area contributed by atoms with Gasteiger partial charge in [-0.15, -0.1) is 0 Å². The van der Waals surface area contributed by atoms with Crippen LogP contribution in [0, 0.1) is 0 Å². The molecule has 0 radical (unpaired) electrons. The molecule has 5 nitrogen and oxygen atoms in total. The molecule has 0 aliphatic rings. The van der Waals surface area contributed by atoms with Crippen LogP contribution in [0.3, 0.4) is 0 Å². The van der Waals surface area contributed by atoms with Gasteiger partial charge in [-0.3, -0.25) is 14.6 Å². The minimum absolute atomic E-state index is 0.111. The van der Waals surface area contributed by atoms with Gasteiger partial charge in [0.1, 0.15) is 0 Å². The molecule has 1 amide bonds. The standard InChI is InChI=1S/C26H27ClN2O3/c1-2-32-26(31)18-24(29-25(30)14-13-23-8-3-4-15-28-23)16-19-9-11-20(12-10-19)21-6-5-7-22(27)17-21/h3-12,15,17,24H,2,13-14,16,18H2,1H3,(H,29,30)/t24-/m1/s1. The van der Waals surface area contributed by atoms with E-state index in [0.717, 1.165) is 22.4 Å². The van der Waals surface area contributed by atoms with E-state index in [1.54, 1.807) is 13.1 Å². The molecular weight excluding hydrogens is 424 g/mol. The lowest BCUT2D eigenvalue weighted by molar-refractivity contribution is -0.143. The number of aromatic nitrogens is 1. The van der Waals surface area contributed by atoms with Crippen LogP contribution in [0.1, 0.15) is 31.0 Å². The predicted octanol–water partition coefficient (Wildman–Crippen LogP) is 5.02. The molecule has 1 N–H and O–H groups in total. The normalized spacial score (nSPS) is 11.6. The highest BCUT2D eigenvalue weighted by molar-refractivity contribution is 6.30. The largest absolute Gasteiger partial charge is 0.466 e. The second-order valence-corrected chi connectivity index (χ2v) is 7.94. The summed E-state index contributed by atoms with van der Waals surface area (Å²) in [5.41, 5.74) is 3.98. The van der Waals surface area contributed by atoms with Crippen LogP contribution in [0.5, 0.6) is 0 Å². The van der Waals surface area contributed by atoms with Gasteiger partial charge in [-0.25, -0.2) is 0 Å². The number of esters is 1. The van der Waals surface area contributed by atoms with Crippen LogP contribution in [-0.4, -0.2) is 29.5 Å². The van der Waals surface area contributed by atoms with Crippen molar-refractivity contribution in [2.45, 2.75) is 38.6 Å². The van der Waals surface area contributed by atoms with E-state index in [4.69, 9.17) is 16.3 Å². The molecule has 1 aromatic heterocycles. The number of aryl methyl sites for hydroxylation is 1. The van der Waals surface area contributed by atoms with Gasteiger partial charge in [0.25, 0.3) is 0 Å². The van der Waals surface area contributed by atoms with Gasteiger partial charge in [-0.05, 0) is 60.7 Å². The van der Waals surface area contributed by atoms with Crippen molar-refractivity contribution in [2.75, 3.05) is 6.61 Å². The number of rotatable bonds is 10. The molecule has 1 heterocycles. The molecule has 166 valence electrons. The third kappa shape index (κ3) is 7.50. The lowest BCUT2D eigenvalue weighted by Gasteiger charge is -2.18. The van der Waals surface area contributed by atoms with Crippen LogP contribution in [0.2, 0.25) is 5.02 Å². The van der Waals surface area contributed by atoms with Gasteiger partial charge in [0, 0.05) is 29.4 Å². The molecule has 0 unspecified atom stereocenters. The number of nitrogens with zero attached hydrogens (tertiary/aromatic N) is 1. The van der Waals surface area contributed by atoms with Gasteiger partial charge >= 0.3 is 5.97 Å². The maximum atomic E-state index is 12.5. The van der Waals surface area contributed by atoms with Gasteiger partial charge in [0.15, 0.2) is 0 Å². The molecule has 32 heavy (non-hydrogen) atoms. The number of amides is 1. The zero-order chi connectivity index (χ0) is 22.8. The minimum atomic E-state index is -0.345. The van der Waals surface area contributed by atoms with E-state index in [0.29, 0.717) is 30.9 Å². The number of carbonyl (C=O) groups excluding carboxylic acids is 2. The van der Waals surface area contributed by atoms with E-state index in [-0.39, 0.29) is 24.3 Å². The summed E-state index contributed by atoms with van der Waals surface area (Å²) in [6.07, 6.45) is 3.23. The fourth-order valence-electron chi connectivity index (χ4n) is 3.47. The second-order valence-electron chi connectivity index (χ2n) is 7.51. The zero-order valence-corrected chi connectivity index (χ0v) is 18.8. The Morgan fingerprint density at radius 2 is 1.84 bits per heavy atom. The molecule has 0 spiro atoms. The van der Waals surface area contributed by atoms with E-state index in [2.05, 4.69) is 10.3 Å². The molecule has 3 rings (SSSR count). The summed E-state index contributed by atoms with van der Waals surface area (Å²) < 4.78 is 5.10. The topological polar surface area (TPSA) is 68.3 Å². The molecule has 0 fully saturated rings. The molecule has 0 saturated heterocycles. The SMILES string of the molecule is CCOC(=O)C[C@@H](Cc1ccc(-c2cccc(Cl)c2)cc1)NC(=O)CCc1ccccn1. The Labute approximate surface area is 193 Å². The maximum absolute atomic E-state index is 12.5. The summed E-state index contributed by atoms with van der Waals surface area (Å²) in [4.78, 5) is 28.8. The summed E-state index contributed by atoms with van der Waals surface area (Å²) in [6.45, 7) is 2.08. The highest BCUT2D eigenvalue weighted by Gasteiger charge is 2.18. The number of hydrogen-bond donors (Lipinski definition) is 1. The Kier molecular flexibility index (Phi) is 8.81. The number of ether oxygens (including phenoxy) is 1. The Balaban J connectivity index is 1.64. The number of halogens is 1. The molecular formula is C26H27ClN2O3. The van der Waals surface area contributed by atoms with E-state index < -0.39 is 0 Å². The quantitative estimate of drug-likeness (QED) is 0.440. The Bertz CT molecular complexity index is 1020. The first kappa shape index (κ1) is 23.5. The lowest BCUT2D eigenvalue weighted by atomic mass is 9.99. The highest BCUT2D eigenvalue weighted by atomic mass is 35.5. The summed E-state index contributed by atoms with van der Waals surface area (Å²) in [6, 6.07) is 21.0. The van der Waals surface area contributed by atoms with Crippen molar-refractivity contribution >= 4 is 23.5 Å². The Morgan fingerprint density at radius 1 is 1.03 bits per heavy atom. The van der Waals surface area contributed by atoms with Gasteiger partial charge in [-0.2, -0.15) is 0 Å². The lowest BCUT2D eigenvalue weighted by Crippen LogP contribution is -2.38. The smallest absolute Gasteiger partial charge is 0.307 e. The van der Waals surface area contributed by atoms with Crippen molar-refractivity contribution in [3.63, 3.8) is 0 Å². The van der Waals surface area contributed by atoms with Crippen LogP contribution >= 0.6 is 11.6 Å². The molecule has 2 aromatic carbocycles. The summed E-state index contributed by atoms with van der Waals surface area (Å²) in [5, 5.41) is 3.68. The summed E-state index contributed by atoms with van der Waals surface area (Å²) in [5.74, 6) is -0.432. The van der Waals surface area contributed by atoms with Crippen LogP contribution in [0.15, 0.2) is 72.9 Å². The first-order chi connectivity index (χ1) is 15.5. The summed E-state index contributed by atoms with van der Waals surface area (Å²) in [7, 11) is 0. The fourth-order valence-corrected chi connectivity index (χ4v) is 3.66. The average Bonchev–Trinajstić information content (AvgIpc) is 2.79. The number of nitrogens with one attached hydrogen (secondary N) is 1. The molecule has 3 aromatic rings. The summed E-state index contributed by atoms with van der Waals surface area (Å²) >= 11 is 6.09. The van der Waals surface area contributed by atoms with Gasteiger partial charge < -0.3 is 10.1 Å². The van der Waals surface area contributed by atoms with Crippen molar-refractivity contribution in [3.05, 3.63) is 89.2 Å². The third-order valence-electron chi connectivity index (χ3n) is 5.01. The van der Waals surface area contributed by atoms with Gasteiger partial charge in [0.2, 0.25) is 5.91 Å². The van der Waals surface area contributed by atoms with Crippen molar-refractivity contribution in [1.82, 2.24) is 10.3 Å². The monoisotopic (exact) mass is 450 g/mol. The first-order valence-corrected chi connectivity index (χ1v) is 11.1. The number of pyridine rings is 1. The van der Waals surface area contributed by atoms with Gasteiger partial charge in [-0.1, -0.05) is 54.1 Å². The number of carbonyl (C=O) groups is 2. The molecule has 0 aliphatic heterocycles. The van der Waals surface area contributed by atoms with Crippen LogP contribution in [0.4, 0.5) is 0 Å². The van der Waals surface area contributed by atoms with E-state index in [9.17, 15) is 9.59 Å². The zero-order valence-electron chi connectivity index (χ0n) is 18.1. The Hall–Kier alpha value is -3.18. The third-order valence-corrected chi connectivity index (χ3v) is 5.25. The molecule has 1 atom stereocenters. The van der Waals surface area contributed by atoms with Crippen molar-refractivity contribution in [1.29, 1.82) is 0 Å². The molecule has 6 heteroatoms. The van der Waals surface area contributed by atoms with E-state index in [1.165, 1.54) is 0 Å². The molecule has 0 bridgehead atoms. The van der Waals surface area contributed by atoms with E-state index in [1.807, 2.05) is 66.7 Å². The van der Waals surface area contributed by atoms with Crippen LogP contribution in [0.25, 0.3) is 11.1 Å². The van der Waals surface area contributed by atoms with Crippen LogP contribution < -0.4 is 5.32 Å². The second kappa shape index (κ2) is 12.0. The van der Waals surface area contributed by atoms with Crippen molar-refractivity contribution in [3.8, 4) is 11.1 Å². The Morgan fingerprint density at radius 3 is 2.53 bits per heavy atom. The predicted molar refractivity (Wildman–Crippen MR) is 126 cm³/mol. The van der Waals surface area contributed by atoms with E-state index >= 15 is 0 Å². The molecule has 0 aliphatic carbocycles. The minimum Gasteiger partial charge on any atom is -0.466 e. The van der Waals surface area contributed by atoms with Crippen molar-refractivity contribution < 1.29 is 14.3 Å². The molecule has 0 saturated carbocycles. The average molecular weight is 451 g/mol. The highest BCUT2D eigenvalue weighted by Crippen LogP contribution is 2.23. The number of benzene rings is 2. The number of hydrogen-bond acceptors (Lipinski definition) is 4. The van der Waals surface area contributed by atoms with Crippen LogP contribution in [-0.2, 0) is 27.2 Å². The fraction of sp³-hybridized carbons (Fsp3) is 0.269.